The van der Waals surface area contributed by atoms with Crippen LogP contribution in [0.3, 0.4) is 0 Å². The molecule has 0 saturated heterocycles. The summed E-state index contributed by atoms with van der Waals surface area (Å²) < 4.78 is 6.39. The van der Waals surface area contributed by atoms with Crippen molar-refractivity contribution in [3.63, 3.8) is 0 Å². The molecule has 0 unspecified atom stereocenters. The number of ether oxygens (including phenoxy) is 1. The summed E-state index contributed by atoms with van der Waals surface area (Å²) >= 11 is 9.32. The second-order valence-electron chi connectivity index (χ2n) is 3.09. The maximum Gasteiger partial charge on any atom is 0.238 e. The molecule has 0 radical (unpaired) electrons. The van der Waals surface area contributed by atoms with E-state index in [0.29, 0.717) is 22.3 Å². The lowest BCUT2D eigenvalue weighted by Gasteiger charge is -2.07. The Morgan fingerprint density at radius 1 is 1.31 bits per heavy atom. The second-order valence-corrected chi connectivity index (χ2v) is 4.35. The van der Waals surface area contributed by atoms with Gasteiger partial charge in [0.05, 0.1) is 16.4 Å². The zero-order valence-corrected chi connectivity index (χ0v) is 10.5. The average molecular weight is 300 g/mol. The van der Waals surface area contributed by atoms with Crippen molar-refractivity contribution in [3.05, 3.63) is 46.0 Å². The number of rotatable bonds is 2. The van der Waals surface area contributed by atoms with Crippen LogP contribution in [-0.4, -0.2) is 4.98 Å². The van der Waals surface area contributed by atoms with Gasteiger partial charge in [-0.15, -0.1) is 0 Å². The molecule has 1 aromatic heterocycles. The highest BCUT2D eigenvalue weighted by molar-refractivity contribution is 9.10. The first-order chi connectivity index (χ1) is 7.66. The summed E-state index contributed by atoms with van der Waals surface area (Å²) in [4.78, 5) is 4.01. The molecule has 82 valence electrons. The first-order valence-electron chi connectivity index (χ1n) is 4.50. The lowest BCUT2D eigenvalue weighted by Crippen LogP contribution is -1.92. The predicted molar refractivity (Wildman–Crippen MR) is 67.9 cm³/mol. The molecule has 16 heavy (non-hydrogen) atoms. The molecule has 0 aliphatic heterocycles. The van der Waals surface area contributed by atoms with E-state index in [2.05, 4.69) is 20.9 Å². The zero-order chi connectivity index (χ0) is 11.5. The minimum atomic E-state index is 0.336. The Balaban J connectivity index is 2.31. The molecule has 2 N–H and O–H groups in total. The fraction of sp³-hybridized carbons (Fsp3) is 0. The van der Waals surface area contributed by atoms with Crippen LogP contribution in [0.1, 0.15) is 0 Å². The molecule has 1 heterocycles. The Morgan fingerprint density at radius 2 is 2.06 bits per heavy atom. The molecule has 2 aromatic rings. The number of anilines is 1. The number of nitrogens with two attached hydrogens (primary N) is 1. The van der Waals surface area contributed by atoms with Crippen molar-refractivity contribution >= 4 is 33.2 Å². The van der Waals surface area contributed by atoms with Gasteiger partial charge in [-0.05, 0) is 34.1 Å². The highest BCUT2D eigenvalue weighted by atomic mass is 79.9. The maximum absolute atomic E-state index is 5.95. The molecule has 0 atom stereocenters. The highest BCUT2D eigenvalue weighted by Gasteiger charge is 2.07. The van der Waals surface area contributed by atoms with E-state index in [0.717, 1.165) is 4.47 Å². The van der Waals surface area contributed by atoms with Gasteiger partial charge in [0, 0.05) is 0 Å². The number of pyridine rings is 1. The van der Waals surface area contributed by atoms with E-state index in [1.807, 2.05) is 24.3 Å². The smallest absolute Gasteiger partial charge is 0.238 e. The third-order valence-electron chi connectivity index (χ3n) is 1.87. The largest absolute Gasteiger partial charge is 0.436 e. The average Bonchev–Trinajstić information content (AvgIpc) is 2.25. The number of hydrogen-bond acceptors (Lipinski definition) is 3. The first-order valence-corrected chi connectivity index (χ1v) is 5.67. The first kappa shape index (κ1) is 11.2. The number of nitrogen functional groups attached to an aromatic ring is 1. The number of aromatic nitrogens is 1. The van der Waals surface area contributed by atoms with Crippen LogP contribution in [0.4, 0.5) is 5.69 Å². The van der Waals surface area contributed by atoms with Crippen LogP contribution < -0.4 is 10.5 Å². The summed E-state index contributed by atoms with van der Waals surface area (Å²) in [6, 6.07) is 9.06. The summed E-state index contributed by atoms with van der Waals surface area (Å²) in [5.74, 6) is 0.990. The van der Waals surface area contributed by atoms with E-state index < -0.39 is 0 Å². The van der Waals surface area contributed by atoms with Crippen molar-refractivity contribution in [1.29, 1.82) is 0 Å². The number of nitrogens with zero attached hydrogens (tertiary/aromatic N) is 1. The van der Waals surface area contributed by atoms with Crippen LogP contribution in [0.25, 0.3) is 0 Å². The van der Waals surface area contributed by atoms with Gasteiger partial charge in [-0.2, -0.15) is 0 Å². The summed E-state index contributed by atoms with van der Waals surface area (Å²) in [7, 11) is 0. The molecule has 0 amide bonds. The molecule has 0 bridgehead atoms. The Morgan fingerprint density at radius 3 is 2.75 bits per heavy atom. The standard InChI is InChI=1S/C11H8BrClN2O/c12-8-3-1-2-4-10(8)16-11-9(13)5-7(14)6-15-11/h1-6H,14H2. The third kappa shape index (κ3) is 2.46. The Hall–Kier alpha value is -1.26. The number of benzene rings is 1. The van der Waals surface area contributed by atoms with E-state index in [1.165, 1.54) is 6.20 Å². The number of hydrogen-bond donors (Lipinski definition) is 1. The molecule has 0 aliphatic carbocycles. The Labute approximate surface area is 106 Å². The summed E-state index contributed by atoms with van der Waals surface area (Å²) in [6.45, 7) is 0. The molecule has 0 fully saturated rings. The van der Waals surface area contributed by atoms with Crippen LogP contribution in [0.15, 0.2) is 41.0 Å². The van der Waals surface area contributed by atoms with Gasteiger partial charge in [0.2, 0.25) is 5.88 Å². The van der Waals surface area contributed by atoms with Gasteiger partial charge in [0.25, 0.3) is 0 Å². The van der Waals surface area contributed by atoms with Crippen molar-refractivity contribution in [1.82, 2.24) is 4.98 Å². The molecule has 3 nitrogen and oxygen atoms in total. The van der Waals surface area contributed by atoms with Crippen LogP contribution in [-0.2, 0) is 0 Å². The Bertz CT molecular complexity index is 519. The van der Waals surface area contributed by atoms with E-state index >= 15 is 0 Å². The summed E-state index contributed by atoms with van der Waals surface area (Å²) in [5.41, 5.74) is 6.04. The Kier molecular flexibility index (Phi) is 3.31. The molecular formula is C11H8BrClN2O. The van der Waals surface area contributed by atoms with Gasteiger partial charge in [0.1, 0.15) is 10.8 Å². The minimum absolute atomic E-state index is 0.336. The molecule has 1 aromatic carbocycles. The summed E-state index contributed by atoms with van der Waals surface area (Å²) in [6.07, 6.45) is 1.50. The molecule has 0 aliphatic rings. The van der Waals surface area contributed by atoms with Crippen molar-refractivity contribution in [2.45, 2.75) is 0 Å². The monoisotopic (exact) mass is 298 g/mol. The predicted octanol–water partition coefficient (Wildman–Crippen LogP) is 3.87. The quantitative estimate of drug-likeness (QED) is 0.915. The zero-order valence-electron chi connectivity index (χ0n) is 8.15. The molecule has 0 spiro atoms. The fourth-order valence-corrected chi connectivity index (χ4v) is 1.73. The normalized spacial score (nSPS) is 10.1. The minimum Gasteiger partial charge on any atom is -0.436 e. The summed E-state index contributed by atoms with van der Waals surface area (Å²) in [5, 5.41) is 0.385. The lowest BCUT2D eigenvalue weighted by atomic mass is 10.3. The van der Waals surface area contributed by atoms with Gasteiger partial charge in [-0.1, -0.05) is 23.7 Å². The molecule has 0 saturated carbocycles. The van der Waals surface area contributed by atoms with Crippen molar-refractivity contribution < 1.29 is 4.74 Å². The van der Waals surface area contributed by atoms with E-state index in [9.17, 15) is 0 Å². The van der Waals surface area contributed by atoms with Gasteiger partial charge in [0.15, 0.2) is 0 Å². The van der Waals surface area contributed by atoms with Gasteiger partial charge >= 0.3 is 0 Å². The molecule has 5 heteroatoms. The second kappa shape index (κ2) is 4.72. The SMILES string of the molecule is Nc1cnc(Oc2ccccc2Br)c(Cl)c1. The number of para-hydroxylation sites is 1. The van der Waals surface area contributed by atoms with Crippen molar-refractivity contribution in [2.24, 2.45) is 0 Å². The van der Waals surface area contributed by atoms with E-state index in [1.54, 1.807) is 6.07 Å². The fourth-order valence-electron chi connectivity index (χ4n) is 1.15. The van der Waals surface area contributed by atoms with Gasteiger partial charge in [-0.25, -0.2) is 4.98 Å². The van der Waals surface area contributed by atoms with Crippen molar-refractivity contribution in [2.75, 3.05) is 5.73 Å². The number of halogens is 2. The maximum atomic E-state index is 5.95. The molecule has 2 rings (SSSR count). The van der Waals surface area contributed by atoms with Crippen LogP contribution in [0.5, 0.6) is 11.6 Å². The van der Waals surface area contributed by atoms with E-state index in [4.69, 9.17) is 22.1 Å². The lowest BCUT2D eigenvalue weighted by molar-refractivity contribution is 0.460. The van der Waals surface area contributed by atoms with Gasteiger partial charge in [-0.3, -0.25) is 0 Å². The van der Waals surface area contributed by atoms with Crippen LogP contribution >= 0.6 is 27.5 Å². The third-order valence-corrected chi connectivity index (χ3v) is 2.80. The van der Waals surface area contributed by atoms with Crippen LogP contribution in [0.2, 0.25) is 5.02 Å². The van der Waals surface area contributed by atoms with Crippen molar-refractivity contribution in [3.8, 4) is 11.6 Å². The highest BCUT2D eigenvalue weighted by Crippen LogP contribution is 2.32. The van der Waals surface area contributed by atoms with Gasteiger partial charge < -0.3 is 10.5 Å². The molecular weight excluding hydrogens is 291 g/mol. The van der Waals surface area contributed by atoms with E-state index in [-0.39, 0.29) is 0 Å². The van der Waals surface area contributed by atoms with Crippen LogP contribution in [0, 0.1) is 0 Å². The topological polar surface area (TPSA) is 48.1 Å².